The Hall–Kier alpha value is -3.95. The zero-order valence-electron chi connectivity index (χ0n) is 22.2. The Labute approximate surface area is 252 Å². The van der Waals surface area contributed by atoms with Gasteiger partial charge in [-0.2, -0.15) is 11.3 Å². The molecule has 197 valence electrons. The molecule has 0 N–H and O–H groups in total. The molecular formula is C36H26IrN2S-2. The van der Waals surface area contributed by atoms with E-state index in [4.69, 9.17) is 0 Å². The Morgan fingerprint density at radius 2 is 1.45 bits per heavy atom. The Balaban J connectivity index is 0.000000184. The number of pyridine rings is 2. The van der Waals surface area contributed by atoms with Gasteiger partial charge in [0, 0.05) is 37.2 Å². The van der Waals surface area contributed by atoms with Crippen molar-refractivity contribution in [2.24, 2.45) is 0 Å². The minimum atomic E-state index is 0. The third-order valence-corrected chi connectivity index (χ3v) is 7.82. The first-order chi connectivity index (χ1) is 19.2. The Morgan fingerprint density at radius 3 is 2.23 bits per heavy atom. The van der Waals surface area contributed by atoms with Crippen LogP contribution >= 0.6 is 11.3 Å². The summed E-state index contributed by atoms with van der Waals surface area (Å²) >= 11 is 1.81. The summed E-state index contributed by atoms with van der Waals surface area (Å²) in [6, 6.07) is 44.2. The second-order valence-electron chi connectivity index (χ2n) is 9.49. The van der Waals surface area contributed by atoms with Gasteiger partial charge < -0.3 is 9.97 Å². The van der Waals surface area contributed by atoms with Gasteiger partial charge in [0.2, 0.25) is 0 Å². The first-order valence-electron chi connectivity index (χ1n) is 12.9. The summed E-state index contributed by atoms with van der Waals surface area (Å²) in [6.45, 7) is 4.10. The summed E-state index contributed by atoms with van der Waals surface area (Å²) in [5.74, 6) is 0. The molecule has 0 aliphatic rings. The predicted octanol–water partition coefficient (Wildman–Crippen LogP) is 9.75. The van der Waals surface area contributed by atoms with Crippen molar-refractivity contribution >= 4 is 31.5 Å². The average Bonchev–Trinajstić information content (AvgIpc) is 3.38. The number of rotatable bonds is 3. The van der Waals surface area contributed by atoms with Crippen LogP contribution in [0.5, 0.6) is 0 Å². The molecule has 0 atom stereocenters. The molecular weight excluding hydrogens is 685 g/mol. The van der Waals surface area contributed by atoms with Gasteiger partial charge in [0.05, 0.1) is 0 Å². The van der Waals surface area contributed by atoms with Crippen LogP contribution in [-0.2, 0) is 20.1 Å². The van der Waals surface area contributed by atoms with Gasteiger partial charge in [0.15, 0.2) is 0 Å². The van der Waals surface area contributed by atoms with E-state index in [2.05, 4.69) is 108 Å². The number of nitrogens with zero attached hydrogens (tertiary/aromatic N) is 2. The van der Waals surface area contributed by atoms with E-state index >= 15 is 0 Å². The quantitative estimate of drug-likeness (QED) is 0.171. The van der Waals surface area contributed by atoms with Crippen LogP contribution < -0.4 is 0 Å². The van der Waals surface area contributed by atoms with E-state index in [0.29, 0.717) is 0 Å². The standard InChI is InChI=1S/C23H14NS.C13H12N.Ir/c1-2-7-16(8-3-1)17-13-14-24-21(15-17)20-11-6-10-19-18-9-4-5-12-22(18)25-23(19)20;1-10-3-6-12(7-4-10)13-8-5-11(2)9-14-13;/h1-10,12-15H;3-6,8-9H,1-2H3;/q2*-1;. The molecule has 7 rings (SSSR count). The molecule has 0 amide bonds. The number of benzene rings is 4. The van der Waals surface area contributed by atoms with Crippen molar-refractivity contribution in [3.63, 3.8) is 0 Å². The fraction of sp³-hybridized carbons (Fsp3) is 0.0556. The maximum atomic E-state index is 4.63. The summed E-state index contributed by atoms with van der Waals surface area (Å²) in [7, 11) is 0. The van der Waals surface area contributed by atoms with Crippen molar-refractivity contribution in [1.29, 1.82) is 0 Å². The van der Waals surface area contributed by atoms with Crippen molar-refractivity contribution in [3.05, 3.63) is 145 Å². The molecule has 0 aliphatic heterocycles. The summed E-state index contributed by atoms with van der Waals surface area (Å²) < 4.78 is 2.55. The van der Waals surface area contributed by atoms with Gasteiger partial charge in [0.1, 0.15) is 0 Å². The fourth-order valence-electron chi connectivity index (χ4n) is 4.55. The van der Waals surface area contributed by atoms with Gasteiger partial charge in [-0.1, -0.05) is 79.0 Å². The number of aryl methyl sites for hydroxylation is 2. The minimum absolute atomic E-state index is 0. The molecule has 3 aromatic heterocycles. The number of hydrogen-bond acceptors (Lipinski definition) is 3. The van der Waals surface area contributed by atoms with E-state index in [-0.39, 0.29) is 20.1 Å². The molecule has 0 saturated heterocycles. The molecule has 0 unspecified atom stereocenters. The maximum absolute atomic E-state index is 4.63. The normalized spacial score (nSPS) is 10.6. The smallest absolute Gasteiger partial charge is 0.0239 e. The fourth-order valence-corrected chi connectivity index (χ4v) is 5.76. The third-order valence-electron chi connectivity index (χ3n) is 6.62. The van der Waals surface area contributed by atoms with Crippen molar-refractivity contribution < 1.29 is 20.1 Å². The summed E-state index contributed by atoms with van der Waals surface area (Å²) in [4.78, 5) is 8.98. The van der Waals surface area contributed by atoms with Crippen LogP contribution in [0.1, 0.15) is 11.1 Å². The van der Waals surface area contributed by atoms with Crippen LogP contribution in [0.25, 0.3) is 53.8 Å². The first kappa shape index (κ1) is 27.6. The molecule has 0 aliphatic carbocycles. The molecule has 1 radical (unpaired) electrons. The molecule has 0 fully saturated rings. The summed E-state index contributed by atoms with van der Waals surface area (Å²) in [5, 5.41) is 2.58. The Morgan fingerprint density at radius 1 is 0.650 bits per heavy atom. The monoisotopic (exact) mass is 711 g/mol. The molecule has 0 saturated carbocycles. The predicted molar refractivity (Wildman–Crippen MR) is 165 cm³/mol. The Kier molecular flexibility index (Phi) is 8.62. The molecule has 0 bridgehead atoms. The number of fused-ring (bicyclic) bond motifs is 3. The number of aromatic nitrogens is 2. The molecule has 4 heteroatoms. The zero-order chi connectivity index (χ0) is 26.6. The van der Waals surface area contributed by atoms with Crippen LogP contribution in [0.3, 0.4) is 0 Å². The van der Waals surface area contributed by atoms with Gasteiger partial charge in [0.25, 0.3) is 0 Å². The van der Waals surface area contributed by atoms with Crippen LogP contribution in [0.4, 0.5) is 0 Å². The van der Waals surface area contributed by atoms with Gasteiger partial charge in [-0.25, -0.2) is 0 Å². The van der Waals surface area contributed by atoms with E-state index in [1.165, 1.54) is 42.4 Å². The van der Waals surface area contributed by atoms with Crippen molar-refractivity contribution in [2.75, 3.05) is 0 Å². The van der Waals surface area contributed by atoms with Crippen LogP contribution in [0.15, 0.2) is 122 Å². The van der Waals surface area contributed by atoms with E-state index in [1.54, 1.807) is 0 Å². The zero-order valence-corrected chi connectivity index (χ0v) is 25.4. The third kappa shape index (κ3) is 5.95. The minimum Gasteiger partial charge on any atom is -0.305 e. The van der Waals surface area contributed by atoms with Crippen LogP contribution in [-0.4, -0.2) is 9.97 Å². The molecule has 4 aromatic carbocycles. The van der Waals surface area contributed by atoms with E-state index in [9.17, 15) is 0 Å². The van der Waals surface area contributed by atoms with E-state index in [1.807, 2.05) is 61.0 Å². The number of thiophene rings is 1. The largest absolute Gasteiger partial charge is 0.305 e. The molecule has 2 nitrogen and oxygen atoms in total. The second kappa shape index (κ2) is 12.5. The van der Waals surface area contributed by atoms with E-state index < -0.39 is 0 Å². The van der Waals surface area contributed by atoms with Crippen LogP contribution in [0.2, 0.25) is 0 Å². The molecule has 0 spiro atoms. The molecule has 7 aromatic rings. The SMILES string of the molecule is Cc1c[c-]c(-c2ccc(C)cn2)cc1.[Ir].[c-]1ccc2c(sc3ccccc32)c1-c1cc(-c2ccccc2)ccn1. The maximum Gasteiger partial charge on any atom is 0.0239 e. The van der Waals surface area contributed by atoms with Gasteiger partial charge in [-0.05, 0) is 57.2 Å². The first-order valence-corrected chi connectivity index (χ1v) is 13.7. The molecule has 3 heterocycles. The average molecular weight is 711 g/mol. The van der Waals surface area contributed by atoms with Gasteiger partial charge in [-0.3, -0.25) is 0 Å². The van der Waals surface area contributed by atoms with Gasteiger partial charge >= 0.3 is 0 Å². The van der Waals surface area contributed by atoms with Crippen molar-refractivity contribution in [3.8, 4) is 33.6 Å². The van der Waals surface area contributed by atoms with Crippen LogP contribution in [0, 0.1) is 26.0 Å². The van der Waals surface area contributed by atoms with Gasteiger partial charge in [-0.15, -0.1) is 59.2 Å². The molecule has 40 heavy (non-hydrogen) atoms. The number of hydrogen-bond donors (Lipinski definition) is 0. The van der Waals surface area contributed by atoms with Crippen molar-refractivity contribution in [2.45, 2.75) is 13.8 Å². The summed E-state index contributed by atoms with van der Waals surface area (Å²) in [5.41, 5.74) is 8.87. The van der Waals surface area contributed by atoms with E-state index in [0.717, 1.165) is 22.5 Å². The topological polar surface area (TPSA) is 25.8 Å². The van der Waals surface area contributed by atoms with Crippen molar-refractivity contribution in [1.82, 2.24) is 9.97 Å². The summed E-state index contributed by atoms with van der Waals surface area (Å²) in [6.07, 6.45) is 3.76. The second-order valence-corrected chi connectivity index (χ2v) is 10.5. The Bertz CT molecular complexity index is 1810.